The minimum atomic E-state index is 0.367. The molecule has 1 aliphatic rings. The maximum atomic E-state index is 9.26. The Balaban J connectivity index is 1.96. The van der Waals surface area contributed by atoms with Gasteiger partial charge in [-0.15, -0.1) is 0 Å². The highest BCUT2D eigenvalue weighted by atomic mass is 16.3. The van der Waals surface area contributed by atoms with Gasteiger partial charge in [-0.1, -0.05) is 24.3 Å². The van der Waals surface area contributed by atoms with E-state index in [1.807, 2.05) is 0 Å². The van der Waals surface area contributed by atoms with Crippen LogP contribution in [0.25, 0.3) is 0 Å². The van der Waals surface area contributed by atoms with E-state index in [4.69, 9.17) is 0 Å². The van der Waals surface area contributed by atoms with Gasteiger partial charge in [0.25, 0.3) is 0 Å². The maximum absolute atomic E-state index is 9.26. The third kappa shape index (κ3) is 2.66. The fourth-order valence-corrected chi connectivity index (χ4v) is 2.66. The maximum Gasteiger partial charge on any atom is 0.115 e. The second-order valence-electron chi connectivity index (χ2n) is 4.73. The highest BCUT2D eigenvalue weighted by Gasteiger charge is 2.20. The third-order valence-corrected chi connectivity index (χ3v) is 3.60. The molecule has 0 spiro atoms. The molecule has 0 unspecified atom stereocenters. The summed E-state index contributed by atoms with van der Waals surface area (Å²) in [6.45, 7) is 2.10. The first-order chi connectivity index (χ1) is 7.79. The molecule has 0 radical (unpaired) electrons. The molecule has 0 atom stereocenters. The zero-order valence-corrected chi connectivity index (χ0v) is 9.89. The summed E-state index contributed by atoms with van der Waals surface area (Å²) in [4.78, 5) is 0. The monoisotopic (exact) mass is 216 g/mol. The summed E-state index contributed by atoms with van der Waals surface area (Å²) in [6.07, 6.45) is 9.67. The molecule has 1 heteroatoms. The Morgan fingerprint density at radius 3 is 2.25 bits per heavy atom. The highest BCUT2D eigenvalue weighted by Crippen LogP contribution is 2.36. The summed E-state index contributed by atoms with van der Waals surface area (Å²) in [5, 5.41) is 9.26. The van der Waals surface area contributed by atoms with Crippen LogP contribution in [-0.4, -0.2) is 5.11 Å². The summed E-state index contributed by atoms with van der Waals surface area (Å²) in [7, 11) is 0. The van der Waals surface area contributed by atoms with E-state index in [1.165, 1.54) is 31.2 Å². The lowest BCUT2D eigenvalue weighted by Gasteiger charge is -2.27. The van der Waals surface area contributed by atoms with E-state index in [2.05, 4.69) is 31.2 Å². The Hall–Kier alpha value is -1.24. The molecular weight excluding hydrogens is 196 g/mol. The topological polar surface area (TPSA) is 20.2 Å². The van der Waals surface area contributed by atoms with E-state index in [0.29, 0.717) is 11.7 Å². The van der Waals surface area contributed by atoms with Crippen LogP contribution >= 0.6 is 0 Å². The van der Waals surface area contributed by atoms with Crippen molar-refractivity contribution in [2.45, 2.75) is 38.5 Å². The number of phenols is 1. The molecule has 1 aromatic carbocycles. The van der Waals surface area contributed by atoms with Crippen molar-refractivity contribution in [1.29, 1.82) is 0 Å². The second-order valence-corrected chi connectivity index (χ2v) is 4.73. The Kier molecular flexibility index (Phi) is 3.66. The minimum Gasteiger partial charge on any atom is -0.508 e. The van der Waals surface area contributed by atoms with Crippen molar-refractivity contribution >= 4 is 0 Å². The molecule has 2 rings (SSSR count). The molecular formula is C15H20O. The molecule has 16 heavy (non-hydrogen) atoms. The van der Waals surface area contributed by atoms with Gasteiger partial charge >= 0.3 is 0 Å². The predicted molar refractivity (Wildman–Crippen MR) is 67.6 cm³/mol. The SMILES string of the molecule is CC=C[C@H]1CC[C@H](c2ccc(O)cc2)CC1. The van der Waals surface area contributed by atoms with Gasteiger partial charge in [-0.2, -0.15) is 0 Å². The lowest BCUT2D eigenvalue weighted by atomic mass is 9.78. The minimum absolute atomic E-state index is 0.367. The number of benzene rings is 1. The molecule has 0 heterocycles. The van der Waals surface area contributed by atoms with Crippen LogP contribution in [0.15, 0.2) is 36.4 Å². The summed E-state index contributed by atoms with van der Waals surface area (Å²) in [6, 6.07) is 7.73. The number of hydrogen-bond donors (Lipinski definition) is 1. The van der Waals surface area contributed by atoms with Gasteiger partial charge < -0.3 is 5.11 Å². The van der Waals surface area contributed by atoms with Gasteiger partial charge in [0.15, 0.2) is 0 Å². The van der Waals surface area contributed by atoms with E-state index in [-0.39, 0.29) is 0 Å². The highest BCUT2D eigenvalue weighted by molar-refractivity contribution is 5.28. The second kappa shape index (κ2) is 5.20. The molecule has 0 saturated heterocycles. The molecule has 1 N–H and O–H groups in total. The summed E-state index contributed by atoms with van der Waals surface area (Å²) in [5.41, 5.74) is 1.39. The molecule has 0 bridgehead atoms. The quantitative estimate of drug-likeness (QED) is 0.733. The van der Waals surface area contributed by atoms with Crippen molar-refractivity contribution in [1.82, 2.24) is 0 Å². The molecule has 0 amide bonds. The number of aromatic hydroxyl groups is 1. The first-order valence-electron chi connectivity index (χ1n) is 6.21. The van der Waals surface area contributed by atoms with E-state index in [0.717, 1.165) is 5.92 Å². The average molecular weight is 216 g/mol. The smallest absolute Gasteiger partial charge is 0.115 e. The van der Waals surface area contributed by atoms with Crippen LogP contribution in [0.5, 0.6) is 5.75 Å². The van der Waals surface area contributed by atoms with Gasteiger partial charge in [0, 0.05) is 0 Å². The number of allylic oxidation sites excluding steroid dienone is 2. The van der Waals surface area contributed by atoms with Gasteiger partial charge in [0.05, 0.1) is 0 Å². The van der Waals surface area contributed by atoms with Gasteiger partial charge in [-0.05, 0) is 62.1 Å². The van der Waals surface area contributed by atoms with Crippen molar-refractivity contribution in [3.05, 3.63) is 42.0 Å². The summed E-state index contributed by atoms with van der Waals surface area (Å²) >= 11 is 0. The first-order valence-corrected chi connectivity index (χ1v) is 6.21. The zero-order chi connectivity index (χ0) is 11.4. The summed E-state index contributed by atoms with van der Waals surface area (Å²) in [5.74, 6) is 1.85. The van der Waals surface area contributed by atoms with E-state index < -0.39 is 0 Å². The van der Waals surface area contributed by atoms with E-state index in [1.54, 1.807) is 12.1 Å². The Bertz CT molecular complexity index is 342. The lowest BCUT2D eigenvalue weighted by Crippen LogP contribution is -2.11. The summed E-state index contributed by atoms with van der Waals surface area (Å²) < 4.78 is 0. The fraction of sp³-hybridized carbons (Fsp3) is 0.467. The molecule has 1 saturated carbocycles. The molecule has 0 aliphatic heterocycles. The lowest BCUT2D eigenvalue weighted by molar-refractivity contribution is 0.375. The number of phenolic OH excluding ortho intramolecular Hbond substituents is 1. The van der Waals surface area contributed by atoms with Gasteiger partial charge in [-0.3, -0.25) is 0 Å². The van der Waals surface area contributed by atoms with Crippen molar-refractivity contribution < 1.29 is 5.11 Å². The molecule has 86 valence electrons. The predicted octanol–water partition coefficient (Wildman–Crippen LogP) is 4.24. The van der Waals surface area contributed by atoms with E-state index in [9.17, 15) is 5.11 Å². The average Bonchev–Trinajstić information content (AvgIpc) is 2.32. The Morgan fingerprint density at radius 2 is 1.69 bits per heavy atom. The fourth-order valence-electron chi connectivity index (χ4n) is 2.66. The zero-order valence-electron chi connectivity index (χ0n) is 9.89. The molecule has 1 fully saturated rings. The molecule has 1 aromatic rings. The molecule has 0 aromatic heterocycles. The van der Waals surface area contributed by atoms with Crippen LogP contribution in [0, 0.1) is 5.92 Å². The van der Waals surface area contributed by atoms with Crippen molar-refractivity contribution in [3.63, 3.8) is 0 Å². The van der Waals surface area contributed by atoms with Gasteiger partial charge in [0.2, 0.25) is 0 Å². The van der Waals surface area contributed by atoms with Gasteiger partial charge in [0.1, 0.15) is 5.75 Å². The largest absolute Gasteiger partial charge is 0.508 e. The van der Waals surface area contributed by atoms with Crippen LogP contribution < -0.4 is 0 Å². The molecule has 1 aliphatic carbocycles. The van der Waals surface area contributed by atoms with Gasteiger partial charge in [-0.25, -0.2) is 0 Å². The van der Waals surface area contributed by atoms with Crippen LogP contribution in [-0.2, 0) is 0 Å². The van der Waals surface area contributed by atoms with Crippen molar-refractivity contribution in [3.8, 4) is 5.75 Å². The van der Waals surface area contributed by atoms with Crippen LogP contribution in [0.1, 0.15) is 44.1 Å². The first kappa shape index (κ1) is 11.3. The van der Waals surface area contributed by atoms with Crippen LogP contribution in [0.4, 0.5) is 0 Å². The third-order valence-electron chi connectivity index (χ3n) is 3.60. The van der Waals surface area contributed by atoms with E-state index >= 15 is 0 Å². The van der Waals surface area contributed by atoms with Crippen LogP contribution in [0.3, 0.4) is 0 Å². The van der Waals surface area contributed by atoms with Crippen molar-refractivity contribution in [2.75, 3.05) is 0 Å². The Labute approximate surface area is 97.8 Å². The molecule has 1 nitrogen and oxygen atoms in total. The number of hydrogen-bond acceptors (Lipinski definition) is 1. The number of rotatable bonds is 2. The van der Waals surface area contributed by atoms with Crippen LogP contribution in [0.2, 0.25) is 0 Å². The normalized spacial score (nSPS) is 26.1. The Morgan fingerprint density at radius 1 is 1.06 bits per heavy atom. The van der Waals surface area contributed by atoms with Crippen molar-refractivity contribution in [2.24, 2.45) is 5.92 Å². The standard InChI is InChI=1S/C15H20O/c1-2-3-12-4-6-13(7-5-12)14-8-10-15(16)11-9-14/h2-3,8-13,16H,4-7H2,1H3/t12-,13-.